The van der Waals surface area contributed by atoms with E-state index < -0.39 is 0 Å². The average Bonchev–Trinajstić information content (AvgIpc) is 2.21. The fraction of sp³-hybridized carbons (Fsp3) is 0.923. The van der Waals surface area contributed by atoms with Crippen molar-refractivity contribution in [1.29, 1.82) is 0 Å². The maximum absolute atomic E-state index is 11.6. The third kappa shape index (κ3) is 4.97. The van der Waals surface area contributed by atoms with Crippen LogP contribution in [-0.2, 0) is 9.53 Å². The highest BCUT2D eigenvalue weighted by atomic mass is 16.5. The molecule has 0 aromatic rings. The van der Waals surface area contributed by atoms with E-state index in [0.717, 1.165) is 6.42 Å². The zero-order valence-electron chi connectivity index (χ0n) is 10.8. The summed E-state index contributed by atoms with van der Waals surface area (Å²) in [6.45, 7) is 6.74. The van der Waals surface area contributed by atoms with E-state index in [4.69, 9.17) is 4.74 Å². The van der Waals surface area contributed by atoms with Gasteiger partial charge in [-0.05, 0) is 32.6 Å². The van der Waals surface area contributed by atoms with E-state index in [1.54, 1.807) is 0 Å². The summed E-state index contributed by atoms with van der Waals surface area (Å²) in [7, 11) is 0. The highest BCUT2D eigenvalue weighted by Crippen LogP contribution is 2.23. The molecule has 0 radical (unpaired) electrons. The molecule has 1 rings (SSSR count). The summed E-state index contributed by atoms with van der Waals surface area (Å²) >= 11 is 0. The second-order valence-corrected chi connectivity index (χ2v) is 5.11. The lowest BCUT2D eigenvalue weighted by Crippen LogP contribution is -2.41. The van der Waals surface area contributed by atoms with Gasteiger partial charge >= 0.3 is 0 Å². The van der Waals surface area contributed by atoms with E-state index in [1.807, 2.05) is 13.8 Å². The van der Waals surface area contributed by atoms with E-state index in [-0.39, 0.29) is 12.0 Å². The van der Waals surface area contributed by atoms with Gasteiger partial charge in [-0.3, -0.25) is 4.79 Å². The molecule has 0 aromatic heterocycles. The fourth-order valence-electron chi connectivity index (χ4n) is 2.20. The lowest BCUT2D eigenvalue weighted by molar-refractivity contribution is -0.123. The van der Waals surface area contributed by atoms with Crippen LogP contribution in [0.1, 0.15) is 52.9 Å². The average molecular weight is 227 g/mol. The normalized spacial score (nSPS) is 25.8. The standard InChI is InChI=1S/C13H25NO2/c1-10(2)16-9-8-13(15)14-12-7-5-4-6-11(12)3/h10-12H,4-9H2,1-3H3,(H,14,15)/t11-,12+/m1/s1. The van der Waals surface area contributed by atoms with Crippen molar-refractivity contribution >= 4 is 5.91 Å². The second kappa shape index (κ2) is 6.89. The molecule has 0 aromatic carbocycles. The third-order valence-electron chi connectivity index (χ3n) is 3.24. The maximum atomic E-state index is 11.6. The van der Waals surface area contributed by atoms with Gasteiger partial charge in [0.2, 0.25) is 5.91 Å². The Kier molecular flexibility index (Phi) is 5.81. The summed E-state index contributed by atoms with van der Waals surface area (Å²) in [5, 5.41) is 3.12. The Bertz CT molecular complexity index is 216. The number of carbonyl (C=O) groups is 1. The van der Waals surface area contributed by atoms with Crippen molar-refractivity contribution in [3.63, 3.8) is 0 Å². The summed E-state index contributed by atoms with van der Waals surface area (Å²) in [4.78, 5) is 11.6. The Morgan fingerprint density at radius 1 is 1.38 bits per heavy atom. The Morgan fingerprint density at radius 3 is 2.69 bits per heavy atom. The first-order valence-corrected chi connectivity index (χ1v) is 6.50. The van der Waals surface area contributed by atoms with Crippen LogP contribution < -0.4 is 5.32 Å². The Balaban J connectivity index is 2.17. The predicted octanol–water partition coefficient (Wildman–Crippen LogP) is 2.50. The number of rotatable bonds is 5. The molecule has 0 unspecified atom stereocenters. The minimum absolute atomic E-state index is 0.138. The van der Waals surface area contributed by atoms with Gasteiger partial charge in [0.05, 0.1) is 12.7 Å². The molecule has 1 aliphatic rings. The lowest BCUT2D eigenvalue weighted by Gasteiger charge is -2.29. The molecule has 1 N–H and O–H groups in total. The van der Waals surface area contributed by atoms with Crippen molar-refractivity contribution in [3.8, 4) is 0 Å². The maximum Gasteiger partial charge on any atom is 0.222 e. The van der Waals surface area contributed by atoms with Gasteiger partial charge < -0.3 is 10.1 Å². The van der Waals surface area contributed by atoms with Gasteiger partial charge in [-0.25, -0.2) is 0 Å². The van der Waals surface area contributed by atoms with Crippen molar-refractivity contribution in [3.05, 3.63) is 0 Å². The van der Waals surface area contributed by atoms with Crippen LogP contribution in [0.25, 0.3) is 0 Å². The van der Waals surface area contributed by atoms with Crippen LogP contribution >= 0.6 is 0 Å². The van der Waals surface area contributed by atoms with Gasteiger partial charge in [0, 0.05) is 12.5 Å². The minimum Gasteiger partial charge on any atom is -0.378 e. The van der Waals surface area contributed by atoms with E-state index in [2.05, 4.69) is 12.2 Å². The van der Waals surface area contributed by atoms with Gasteiger partial charge in [-0.1, -0.05) is 19.8 Å². The van der Waals surface area contributed by atoms with Crippen molar-refractivity contribution in [1.82, 2.24) is 5.32 Å². The molecule has 0 heterocycles. The lowest BCUT2D eigenvalue weighted by atomic mass is 9.86. The Morgan fingerprint density at radius 2 is 2.06 bits per heavy atom. The number of carbonyl (C=O) groups excluding carboxylic acids is 1. The molecular formula is C13H25NO2. The van der Waals surface area contributed by atoms with Crippen molar-refractivity contribution < 1.29 is 9.53 Å². The number of nitrogens with one attached hydrogen (secondary N) is 1. The molecule has 2 atom stereocenters. The van der Waals surface area contributed by atoms with E-state index in [0.29, 0.717) is 25.0 Å². The van der Waals surface area contributed by atoms with Crippen LogP contribution in [-0.4, -0.2) is 24.7 Å². The molecule has 1 amide bonds. The molecule has 0 saturated heterocycles. The largest absolute Gasteiger partial charge is 0.378 e. The fourth-order valence-corrected chi connectivity index (χ4v) is 2.20. The number of hydrogen-bond donors (Lipinski definition) is 1. The predicted molar refractivity (Wildman–Crippen MR) is 65.3 cm³/mol. The molecule has 1 fully saturated rings. The van der Waals surface area contributed by atoms with Crippen LogP contribution in [0.4, 0.5) is 0 Å². The second-order valence-electron chi connectivity index (χ2n) is 5.11. The molecule has 0 spiro atoms. The molecule has 3 heteroatoms. The zero-order valence-corrected chi connectivity index (χ0v) is 10.8. The Labute approximate surface area is 98.9 Å². The van der Waals surface area contributed by atoms with Crippen LogP contribution in [0.5, 0.6) is 0 Å². The molecule has 94 valence electrons. The number of hydrogen-bond acceptors (Lipinski definition) is 2. The van der Waals surface area contributed by atoms with E-state index in [1.165, 1.54) is 19.3 Å². The molecule has 1 aliphatic carbocycles. The van der Waals surface area contributed by atoms with Crippen LogP contribution in [0.2, 0.25) is 0 Å². The van der Waals surface area contributed by atoms with Gasteiger partial charge in [0.15, 0.2) is 0 Å². The third-order valence-corrected chi connectivity index (χ3v) is 3.24. The molecule has 0 bridgehead atoms. The van der Waals surface area contributed by atoms with Crippen LogP contribution in [0.3, 0.4) is 0 Å². The summed E-state index contributed by atoms with van der Waals surface area (Å²) in [5.41, 5.74) is 0. The summed E-state index contributed by atoms with van der Waals surface area (Å²) in [6, 6.07) is 0.389. The minimum atomic E-state index is 0.138. The van der Waals surface area contributed by atoms with Gasteiger partial charge in [-0.2, -0.15) is 0 Å². The summed E-state index contributed by atoms with van der Waals surface area (Å²) in [5.74, 6) is 0.767. The van der Waals surface area contributed by atoms with Crippen LogP contribution in [0.15, 0.2) is 0 Å². The van der Waals surface area contributed by atoms with Gasteiger partial charge in [0.1, 0.15) is 0 Å². The zero-order chi connectivity index (χ0) is 12.0. The van der Waals surface area contributed by atoms with Crippen molar-refractivity contribution in [2.75, 3.05) is 6.61 Å². The molecule has 0 aliphatic heterocycles. The van der Waals surface area contributed by atoms with E-state index in [9.17, 15) is 4.79 Å². The first-order chi connectivity index (χ1) is 7.59. The summed E-state index contributed by atoms with van der Waals surface area (Å²) < 4.78 is 5.37. The van der Waals surface area contributed by atoms with Gasteiger partial charge in [-0.15, -0.1) is 0 Å². The highest BCUT2D eigenvalue weighted by molar-refractivity contribution is 5.76. The number of ether oxygens (including phenoxy) is 1. The van der Waals surface area contributed by atoms with Crippen molar-refractivity contribution in [2.24, 2.45) is 5.92 Å². The number of amides is 1. The SMILES string of the molecule is CC(C)OCCC(=O)N[C@H]1CCCC[C@H]1C. The smallest absolute Gasteiger partial charge is 0.222 e. The molecule has 1 saturated carbocycles. The van der Waals surface area contributed by atoms with Gasteiger partial charge in [0.25, 0.3) is 0 Å². The summed E-state index contributed by atoms with van der Waals surface area (Å²) in [6.07, 6.45) is 5.63. The van der Waals surface area contributed by atoms with E-state index >= 15 is 0 Å². The molecule has 3 nitrogen and oxygen atoms in total. The van der Waals surface area contributed by atoms with Crippen molar-refractivity contribution in [2.45, 2.75) is 65.0 Å². The monoisotopic (exact) mass is 227 g/mol. The molecular weight excluding hydrogens is 202 g/mol. The highest BCUT2D eigenvalue weighted by Gasteiger charge is 2.22. The van der Waals surface area contributed by atoms with Crippen LogP contribution in [0, 0.1) is 5.92 Å². The Hall–Kier alpha value is -0.570. The first kappa shape index (κ1) is 13.5. The quantitative estimate of drug-likeness (QED) is 0.783. The topological polar surface area (TPSA) is 38.3 Å². The molecule has 16 heavy (non-hydrogen) atoms. The first-order valence-electron chi connectivity index (χ1n) is 6.50.